The van der Waals surface area contributed by atoms with E-state index in [9.17, 15) is 4.79 Å². The van der Waals surface area contributed by atoms with Crippen LogP contribution in [-0.2, 0) is 16.0 Å². The van der Waals surface area contributed by atoms with Gasteiger partial charge < -0.3 is 9.15 Å². The molecule has 6 nitrogen and oxygen atoms in total. The van der Waals surface area contributed by atoms with E-state index in [1.165, 1.54) is 0 Å². The van der Waals surface area contributed by atoms with E-state index in [1.54, 1.807) is 13.0 Å². The van der Waals surface area contributed by atoms with Crippen molar-refractivity contribution in [3.05, 3.63) is 75.9 Å². The van der Waals surface area contributed by atoms with Crippen LogP contribution in [0.2, 0.25) is 5.02 Å². The molecule has 0 aliphatic rings. The van der Waals surface area contributed by atoms with Crippen molar-refractivity contribution in [2.24, 2.45) is 0 Å². The SMILES string of the molecule is [C-]#[N+]c1ccc(C[C@@H](c2nnc(-c3ccccc3)o2)[C@H](C)OC(=O)CC)c(C)c1Cl. The van der Waals surface area contributed by atoms with Crippen LogP contribution in [0.15, 0.2) is 46.9 Å². The Labute approximate surface area is 180 Å². The second-order valence-corrected chi connectivity index (χ2v) is 7.34. The van der Waals surface area contributed by atoms with Crippen molar-refractivity contribution in [2.75, 3.05) is 0 Å². The molecule has 7 heteroatoms. The van der Waals surface area contributed by atoms with Gasteiger partial charge in [-0.25, -0.2) is 4.85 Å². The first kappa shape index (κ1) is 21.5. The summed E-state index contributed by atoms with van der Waals surface area (Å²) in [4.78, 5) is 15.3. The molecule has 0 aliphatic carbocycles. The molecule has 0 bridgehead atoms. The number of carbonyl (C=O) groups excluding carboxylic acids is 1. The highest BCUT2D eigenvalue weighted by atomic mass is 35.5. The lowest BCUT2D eigenvalue weighted by Gasteiger charge is -2.22. The van der Waals surface area contributed by atoms with Gasteiger partial charge in [0.2, 0.25) is 17.5 Å². The summed E-state index contributed by atoms with van der Waals surface area (Å²) in [5.74, 6) is 0.130. The molecule has 3 rings (SSSR count). The first-order valence-corrected chi connectivity index (χ1v) is 10.1. The Morgan fingerprint density at radius 1 is 1.23 bits per heavy atom. The minimum absolute atomic E-state index is 0.278. The summed E-state index contributed by atoms with van der Waals surface area (Å²) in [5.41, 5.74) is 2.96. The Bertz CT molecular complexity index is 1070. The zero-order valence-corrected chi connectivity index (χ0v) is 17.8. The van der Waals surface area contributed by atoms with E-state index in [-0.39, 0.29) is 18.3 Å². The van der Waals surface area contributed by atoms with Crippen molar-refractivity contribution in [3.63, 3.8) is 0 Å². The van der Waals surface area contributed by atoms with Crippen LogP contribution in [0.5, 0.6) is 0 Å². The first-order chi connectivity index (χ1) is 14.4. The number of aromatic nitrogens is 2. The average Bonchev–Trinajstić information content (AvgIpc) is 3.25. The van der Waals surface area contributed by atoms with Gasteiger partial charge in [-0.3, -0.25) is 4.79 Å². The molecule has 0 saturated carbocycles. The lowest BCUT2D eigenvalue weighted by molar-refractivity contribution is -0.149. The minimum Gasteiger partial charge on any atom is -0.462 e. The van der Waals surface area contributed by atoms with Gasteiger partial charge in [0.05, 0.1) is 17.5 Å². The zero-order valence-electron chi connectivity index (χ0n) is 17.1. The minimum atomic E-state index is -0.486. The number of rotatable bonds is 7. The van der Waals surface area contributed by atoms with Crippen LogP contribution in [0, 0.1) is 13.5 Å². The number of halogens is 1. The second kappa shape index (κ2) is 9.55. The predicted molar refractivity (Wildman–Crippen MR) is 114 cm³/mol. The predicted octanol–water partition coefficient (Wildman–Crippen LogP) is 5.92. The third-order valence-corrected chi connectivity index (χ3v) is 5.47. The summed E-state index contributed by atoms with van der Waals surface area (Å²) in [6.45, 7) is 12.7. The largest absolute Gasteiger partial charge is 0.462 e. The zero-order chi connectivity index (χ0) is 21.7. The Hall–Kier alpha value is -3.17. The highest BCUT2D eigenvalue weighted by Gasteiger charge is 2.29. The van der Waals surface area contributed by atoms with E-state index in [2.05, 4.69) is 15.0 Å². The molecular weight excluding hydrogens is 402 g/mol. The highest BCUT2D eigenvalue weighted by molar-refractivity contribution is 6.34. The van der Waals surface area contributed by atoms with E-state index in [1.807, 2.05) is 50.2 Å². The molecule has 0 amide bonds. The quantitative estimate of drug-likeness (QED) is 0.348. The van der Waals surface area contributed by atoms with Gasteiger partial charge in [0, 0.05) is 12.0 Å². The number of esters is 1. The van der Waals surface area contributed by atoms with Crippen molar-refractivity contribution in [1.29, 1.82) is 0 Å². The maximum Gasteiger partial charge on any atom is 0.305 e. The van der Waals surface area contributed by atoms with Gasteiger partial charge in [0.15, 0.2) is 0 Å². The molecule has 1 aromatic heterocycles. The molecule has 3 aromatic rings. The molecule has 2 aromatic carbocycles. The summed E-state index contributed by atoms with van der Waals surface area (Å²) in [6.07, 6.45) is 0.263. The van der Waals surface area contributed by atoms with Crippen molar-refractivity contribution in [1.82, 2.24) is 10.2 Å². The fraction of sp³-hybridized carbons (Fsp3) is 0.304. The molecule has 0 fully saturated rings. The van der Waals surface area contributed by atoms with Crippen molar-refractivity contribution in [3.8, 4) is 11.5 Å². The molecule has 0 N–H and O–H groups in total. The fourth-order valence-corrected chi connectivity index (χ4v) is 3.39. The summed E-state index contributed by atoms with van der Waals surface area (Å²) in [5, 5.41) is 8.84. The van der Waals surface area contributed by atoms with E-state index in [0.29, 0.717) is 28.9 Å². The Morgan fingerprint density at radius 2 is 1.97 bits per heavy atom. The summed E-state index contributed by atoms with van der Waals surface area (Å²) < 4.78 is 11.5. The van der Waals surface area contributed by atoms with Crippen molar-refractivity contribution < 1.29 is 13.9 Å². The smallest absolute Gasteiger partial charge is 0.305 e. The van der Waals surface area contributed by atoms with E-state index in [0.717, 1.165) is 16.7 Å². The molecule has 1 heterocycles. The van der Waals surface area contributed by atoms with Gasteiger partial charge in [0.1, 0.15) is 6.10 Å². The lowest BCUT2D eigenvalue weighted by atomic mass is 9.92. The van der Waals surface area contributed by atoms with E-state index < -0.39 is 6.10 Å². The maximum atomic E-state index is 11.9. The average molecular weight is 424 g/mol. The second-order valence-electron chi connectivity index (χ2n) is 6.97. The van der Waals surface area contributed by atoms with Gasteiger partial charge in [0.25, 0.3) is 0 Å². The van der Waals surface area contributed by atoms with Gasteiger partial charge in [-0.2, -0.15) is 0 Å². The molecular formula is C23H22ClN3O3. The molecule has 0 radical (unpaired) electrons. The van der Waals surface area contributed by atoms with Crippen LogP contribution in [0.3, 0.4) is 0 Å². The number of ether oxygens (including phenoxy) is 1. The van der Waals surface area contributed by atoms with E-state index in [4.69, 9.17) is 27.3 Å². The fourth-order valence-electron chi connectivity index (χ4n) is 3.16. The molecule has 154 valence electrons. The number of hydrogen-bond acceptors (Lipinski definition) is 5. The van der Waals surface area contributed by atoms with E-state index >= 15 is 0 Å². The maximum absolute atomic E-state index is 11.9. The van der Waals surface area contributed by atoms with Crippen LogP contribution in [0.1, 0.15) is 43.2 Å². The Morgan fingerprint density at radius 3 is 2.63 bits per heavy atom. The van der Waals surface area contributed by atoms with Crippen LogP contribution in [0.25, 0.3) is 16.3 Å². The van der Waals surface area contributed by atoms with Crippen LogP contribution >= 0.6 is 11.6 Å². The molecule has 30 heavy (non-hydrogen) atoms. The third kappa shape index (κ3) is 4.69. The van der Waals surface area contributed by atoms with Crippen LogP contribution in [-0.4, -0.2) is 22.3 Å². The van der Waals surface area contributed by atoms with Crippen LogP contribution in [0.4, 0.5) is 5.69 Å². The first-order valence-electron chi connectivity index (χ1n) is 9.68. The lowest BCUT2D eigenvalue weighted by Crippen LogP contribution is -2.24. The number of carbonyl (C=O) groups is 1. The third-order valence-electron chi connectivity index (χ3n) is 4.99. The van der Waals surface area contributed by atoms with Gasteiger partial charge in [-0.15, -0.1) is 10.2 Å². The summed E-state index contributed by atoms with van der Waals surface area (Å²) >= 11 is 6.35. The standard InChI is InChI=1S/C23H22ClN3O3/c1-5-20(28)29-15(3)18(13-17-11-12-19(25-4)21(24)14(17)2)23-27-26-22(30-23)16-9-7-6-8-10-16/h6-12,15,18H,5,13H2,1-3H3/t15-,18+/m0/s1. The monoisotopic (exact) mass is 423 g/mol. The topological polar surface area (TPSA) is 69.6 Å². The van der Waals surface area contributed by atoms with Crippen molar-refractivity contribution in [2.45, 2.75) is 45.6 Å². The van der Waals surface area contributed by atoms with Gasteiger partial charge in [-0.1, -0.05) is 48.9 Å². The number of nitrogens with zero attached hydrogens (tertiary/aromatic N) is 3. The van der Waals surface area contributed by atoms with Crippen LogP contribution < -0.4 is 0 Å². The molecule has 0 spiro atoms. The number of benzene rings is 2. The normalized spacial score (nSPS) is 12.8. The Balaban J connectivity index is 1.96. The number of hydrogen-bond donors (Lipinski definition) is 0. The highest BCUT2D eigenvalue weighted by Crippen LogP contribution is 2.34. The molecule has 0 saturated heterocycles. The van der Waals surface area contributed by atoms with Gasteiger partial charge >= 0.3 is 5.97 Å². The Kier molecular flexibility index (Phi) is 6.86. The molecule has 0 aliphatic heterocycles. The summed E-state index contributed by atoms with van der Waals surface area (Å²) in [6, 6.07) is 13.0. The molecule has 0 unspecified atom stereocenters. The van der Waals surface area contributed by atoms with Gasteiger partial charge in [-0.05, 0) is 43.5 Å². The molecule has 2 atom stereocenters. The summed E-state index contributed by atoms with van der Waals surface area (Å²) in [7, 11) is 0. The van der Waals surface area contributed by atoms with Crippen molar-refractivity contribution >= 4 is 23.3 Å².